The summed E-state index contributed by atoms with van der Waals surface area (Å²) in [6.07, 6.45) is 0. The molecule has 1 aromatic carbocycles. The van der Waals surface area contributed by atoms with Crippen LogP contribution in [0.15, 0.2) is 22.7 Å². The molecule has 0 amide bonds. The number of hydrogen-bond donors (Lipinski definition) is 1. The Bertz CT molecular complexity index is 481. The maximum absolute atomic E-state index is 13.2. The normalized spacial score (nSPS) is 10.6. The van der Waals surface area contributed by atoms with Gasteiger partial charge in [-0.05, 0) is 18.6 Å². The van der Waals surface area contributed by atoms with E-state index in [1.807, 2.05) is 0 Å². The molecule has 0 aliphatic rings. The first-order valence-corrected chi connectivity index (χ1v) is 4.50. The average molecular weight is 207 g/mol. The number of halogens is 1. The van der Waals surface area contributed by atoms with Crippen LogP contribution in [0.1, 0.15) is 11.5 Å². The van der Waals surface area contributed by atoms with Crippen LogP contribution in [-0.4, -0.2) is 10.1 Å². The Morgan fingerprint density at radius 2 is 2.27 bits per heavy atom. The zero-order chi connectivity index (χ0) is 10.8. The van der Waals surface area contributed by atoms with E-state index in [-0.39, 0.29) is 12.4 Å². The summed E-state index contributed by atoms with van der Waals surface area (Å²) in [6, 6.07) is 4.78. The SMILES string of the molecule is Cc1ccc(-c2noc(CN)n2)cc1F. The first-order valence-electron chi connectivity index (χ1n) is 4.50. The van der Waals surface area contributed by atoms with Crippen LogP contribution in [0.4, 0.5) is 4.39 Å². The third kappa shape index (κ3) is 1.87. The van der Waals surface area contributed by atoms with Gasteiger partial charge in [0.2, 0.25) is 11.7 Å². The highest BCUT2D eigenvalue weighted by atomic mass is 19.1. The molecule has 1 heterocycles. The first-order chi connectivity index (χ1) is 7.20. The Hall–Kier alpha value is -1.75. The van der Waals surface area contributed by atoms with Gasteiger partial charge < -0.3 is 10.3 Å². The van der Waals surface area contributed by atoms with E-state index in [2.05, 4.69) is 10.1 Å². The Labute approximate surface area is 85.9 Å². The number of aryl methyl sites for hydroxylation is 1. The van der Waals surface area contributed by atoms with Crippen LogP contribution < -0.4 is 5.73 Å². The molecule has 0 fully saturated rings. The number of rotatable bonds is 2. The molecule has 1 aromatic heterocycles. The molecule has 0 aliphatic carbocycles. The quantitative estimate of drug-likeness (QED) is 0.813. The van der Waals surface area contributed by atoms with Crippen LogP contribution in [-0.2, 0) is 6.54 Å². The minimum Gasteiger partial charge on any atom is -0.338 e. The largest absolute Gasteiger partial charge is 0.338 e. The molecular weight excluding hydrogens is 197 g/mol. The van der Waals surface area contributed by atoms with Crippen molar-refractivity contribution in [3.8, 4) is 11.4 Å². The van der Waals surface area contributed by atoms with Gasteiger partial charge in [0.15, 0.2) is 0 Å². The van der Waals surface area contributed by atoms with Crippen molar-refractivity contribution in [3.05, 3.63) is 35.5 Å². The molecule has 2 rings (SSSR count). The van der Waals surface area contributed by atoms with Crippen molar-refractivity contribution in [1.29, 1.82) is 0 Å². The van der Waals surface area contributed by atoms with Crippen LogP contribution in [0.25, 0.3) is 11.4 Å². The molecule has 15 heavy (non-hydrogen) atoms. The summed E-state index contributed by atoms with van der Waals surface area (Å²) in [7, 11) is 0. The zero-order valence-corrected chi connectivity index (χ0v) is 8.20. The summed E-state index contributed by atoms with van der Waals surface area (Å²) in [5, 5.41) is 3.70. The summed E-state index contributed by atoms with van der Waals surface area (Å²) in [6.45, 7) is 1.88. The van der Waals surface area contributed by atoms with Crippen molar-refractivity contribution < 1.29 is 8.91 Å². The highest BCUT2D eigenvalue weighted by molar-refractivity contribution is 5.54. The fourth-order valence-corrected chi connectivity index (χ4v) is 1.19. The minimum absolute atomic E-state index is 0.182. The lowest BCUT2D eigenvalue weighted by Crippen LogP contribution is -1.95. The lowest BCUT2D eigenvalue weighted by molar-refractivity contribution is 0.380. The van der Waals surface area contributed by atoms with E-state index in [9.17, 15) is 4.39 Å². The van der Waals surface area contributed by atoms with Gasteiger partial charge in [-0.3, -0.25) is 0 Å². The van der Waals surface area contributed by atoms with Crippen LogP contribution in [0, 0.1) is 12.7 Å². The summed E-state index contributed by atoms with van der Waals surface area (Å²) >= 11 is 0. The van der Waals surface area contributed by atoms with Crippen molar-refractivity contribution in [2.24, 2.45) is 5.73 Å². The second-order valence-electron chi connectivity index (χ2n) is 3.18. The molecule has 0 saturated carbocycles. The summed E-state index contributed by atoms with van der Waals surface area (Å²) in [5.74, 6) is 0.409. The van der Waals surface area contributed by atoms with Crippen molar-refractivity contribution >= 4 is 0 Å². The number of nitrogens with zero attached hydrogens (tertiary/aromatic N) is 2. The van der Waals surface area contributed by atoms with Crippen LogP contribution in [0.5, 0.6) is 0 Å². The molecule has 2 aromatic rings. The third-order valence-electron chi connectivity index (χ3n) is 2.07. The van der Waals surface area contributed by atoms with Gasteiger partial charge in [-0.15, -0.1) is 0 Å². The first kappa shape index (κ1) is 9.79. The van der Waals surface area contributed by atoms with Gasteiger partial charge in [0.1, 0.15) is 5.82 Å². The smallest absolute Gasteiger partial charge is 0.240 e. The maximum Gasteiger partial charge on any atom is 0.240 e. The molecule has 0 saturated heterocycles. The van der Waals surface area contributed by atoms with Gasteiger partial charge in [0, 0.05) is 5.56 Å². The molecule has 78 valence electrons. The molecule has 0 spiro atoms. The fraction of sp³-hybridized carbons (Fsp3) is 0.200. The predicted octanol–water partition coefficient (Wildman–Crippen LogP) is 1.64. The van der Waals surface area contributed by atoms with E-state index in [1.165, 1.54) is 6.07 Å². The summed E-state index contributed by atoms with van der Waals surface area (Å²) in [5.41, 5.74) is 6.49. The summed E-state index contributed by atoms with van der Waals surface area (Å²) in [4.78, 5) is 4.00. The standard InChI is InChI=1S/C10H10FN3O/c1-6-2-3-7(4-8(6)11)10-13-9(5-12)15-14-10/h2-4H,5,12H2,1H3. The maximum atomic E-state index is 13.2. The van der Waals surface area contributed by atoms with Gasteiger partial charge in [-0.25, -0.2) is 4.39 Å². The Kier molecular flexibility index (Phi) is 2.47. The molecule has 0 atom stereocenters. The Balaban J connectivity index is 2.40. The molecule has 0 unspecified atom stereocenters. The third-order valence-corrected chi connectivity index (χ3v) is 2.07. The number of hydrogen-bond acceptors (Lipinski definition) is 4. The summed E-state index contributed by atoms with van der Waals surface area (Å²) < 4.78 is 18.1. The highest BCUT2D eigenvalue weighted by Crippen LogP contribution is 2.18. The van der Waals surface area contributed by atoms with Gasteiger partial charge in [0.25, 0.3) is 0 Å². The monoisotopic (exact) mass is 207 g/mol. The Morgan fingerprint density at radius 3 is 2.87 bits per heavy atom. The molecule has 5 heteroatoms. The zero-order valence-electron chi connectivity index (χ0n) is 8.20. The second kappa shape index (κ2) is 3.78. The van der Waals surface area contributed by atoms with Gasteiger partial charge in [-0.2, -0.15) is 4.98 Å². The second-order valence-corrected chi connectivity index (χ2v) is 3.18. The van der Waals surface area contributed by atoms with Gasteiger partial charge in [0.05, 0.1) is 6.54 Å². The van der Waals surface area contributed by atoms with Crippen LogP contribution in [0.3, 0.4) is 0 Å². The van der Waals surface area contributed by atoms with E-state index in [0.717, 1.165) is 0 Å². The van der Waals surface area contributed by atoms with Crippen LogP contribution in [0.2, 0.25) is 0 Å². The molecule has 0 aliphatic heterocycles. The van der Waals surface area contributed by atoms with E-state index < -0.39 is 0 Å². The fourth-order valence-electron chi connectivity index (χ4n) is 1.19. The Morgan fingerprint density at radius 1 is 1.47 bits per heavy atom. The number of benzene rings is 1. The van der Waals surface area contributed by atoms with E-state index >= 15 is 0 Å². The number of nitrogens with two attached hydrogens (primary N) is 1. The lowest BCUT2D eigenvalue weighted by Gasteiger charge is -1.97. The van der Waals surface area contributed by atoms with Crippen LogP contribution >= 0.6 is 0 Å². The van der Waals surface area contributed by atoms with Gasteiger partial charge >= 0.3 is 0 Å². The number of aromatic nitrogens is 2. The van der Waals surface area contributed by atoms with Crippen molar-refractivity contribution in [2.45, 2.75) is 13.5 Å². The molecule has 0 bridgehead atoms. The topological polar surface area (TPSA) is 64.9 Å². The van der Waals surface area contributed by atoms with E-state index in [1.54, 1.807) is 19.1 Å². The molecule has 4 nitrogen and oxygen atoms in total. The molecule has 0 radical (unpaired) electrons. The van der Waals surface area contributed by atoms with Gasteiger partial charge in [-0.1, -0.05) is 17.3 Å². The van der Waals surface area contributed by atoms with E-state index in [0.29, 0.717) is 22.8 Å². The molecular formula is C10H10FN3O. The lowest BCUT2D eigenvalue weighted by atomic mass is 10.1. The van der Waals surface area contributed by atoms with Crippen molar-refractivity contribution in [1.82, 2.24) is 10.1 Å². The highest BCUT2D eigenvalue weighted by Gasteiger charge is 2.08. The van der Waals surface area contributed by atoms with E-state index in [4.69, 9.17) is 10.3 Å². The van der Waals surface area contributed by atoms with Crippen molar-refractivity contribution in [3.63, 3.8) is 0 Å². The van der Waals surface area contributed by atoms with Crippen molar-refractivity contribution in [2.75, 3.05) is 0 Å². The predicted molar refractivity (Wildman–Crippen MR) is 52.3 cm³/mol. The molecule has 2 N–H and O–H groups in total. The minimum atomic E-state index is -0.286. The average Bonchev–Trinajstić information content (AvgIpc) is 2.70.